The standard InChI is InChI=1S/C21H22ClN3O3/c1-14(26)25(19-12-16(22)7-8-20(19)28-2)10-9-23-21(27)11-15-13-24-18-6-4-3-5-17(15)18/h3-8,12-13,24H,9-11H2,1-2H3,(H,23,27). The molecule has 0 unspecified atom stereocenters. The molecule has 0 radical (unpaired) electrons. The van der Waals surface area contributed by atoms with Crippen molar-refractivity contribution in [3.63, 3.8) is 0 Å². The Morgan fingerprint density at radius 1 is 1.21 bits per heavy atom. The number of carbonyl (C=O) groups excluding carboxylic acids is 2. The number of hydrogen-bond acceptors (Lipinski definition) is 3. The van der Waals surface area contributed by atoms with Crippen LogP contribution in [0.1, 0.15) is 12.5 Å². The molecular formula is C21H22ClN3O3. The summed E-state index contributed by atoms with van der Waals surface area (Å²) in [7, 11) is 1.54. The monoisotopic (exact) mass is 399 g/mol. The van der Waals surface area contributed by atoms with Gasteiger partial charge in [-0.1, -0.05) is 29.8 Å². The second-order valence-corrected chi connectivity index (χ2v) is 6.81. The van der Waals surface area contributed by atoms with E-state index in [0.717, 1.165) is 16.5 Å². The number of ether oxygens (including phenoxy) is 1. The van der Waals surface area contributed by atoms with Crippen molar-refractivity contribution < 1.29 is 14.3 Å². The molecule has 0 spiro atoms. The van der Waals surface area contributed by atoms with E-state index in [2.05, 4.69) is 10.3 Å². The number of para-hydroxylation sites is 1. The Labute approximate surface area is 168 Å². The third kappa shape index (κ3) is 4.46. The molecule has 0 atom stereocenters. The number of halogens is 1. The number of fused-ring (bicyclic) bond motifs is 1. The topological polar surface area (TPSA) is 74.4 Å². The number of nitrogens with one attached hydrogen (secondary N) is 2. The van der Waals surface area contributed by atoms with Gasteiger partial charge in [-0.3, -0.25) is 9.59 Å². The molecule has 0 bridgehead atoms. The smallest absolute Gasteiger partial charge is 0.224 e. The van der Waals surface area contributed by atoms with E-state index in [0.29, 0.717) is 29.5 Å². The van der Waals surface area contributed by atoms with Gasteiger partial charge in [0.15, 0.2) is 0 Å². The molecule has 0 aliphatic carbocycles. The minimum absolute atomic E-state index is 0.105. The Morgan fingerprint density at radius 2 is 2.00 bits per heavy atom. The highest BCUT2D eigenvalue weighted by Gasteiger charge is 2.17. The molecule has 7 heteroatoms. The van der Waals surface area contributed by atoms with Gasteiger partial charge in [-0.2, -0.15) is 0 Å². The fourth-order valence-corrected chi connectivity index (χ4v) is 3.31. The summed E-state index contributed by atoms with van der Waals surface area (Å²) < 4.78 is 5.33. The van der Waals surface area contributed by atoms with Gasteiger partial charge in [0, 0.05) is 42.1 Å². The number of carbonyl (C=O) groups is 2. The van der Waals surface area contributed by atoms with Crippen LogP contribution in [0.4, 0.5) is 5.69 Å². The average molecular weight is 400 g/mol. The van der Waals surface area contributed by atoms with Crippen LogP contribution >= 0.6 is 11.6 Å². The minimum Gasteiger partial charge on any atom is -0.495 e. The minimum atomic E-state index is -0.161. The molecule has 1 aromatic heterocycles. The summed E-state index contributed by atoms with van der Waals surface area (Å²) in [5, 5.41) is 4.41. The molecule has 0 fully saturated rings. The van der Waals surface area contributed by atoms with Crippen LogP contribution in [0.2, 0.25) is 5.02 Å². The first-order chi connectivity index (χ1) is 13.5. The fraction of sp³-hybridized carbons (Fsp3) is 0.238. The Balaban J connectivity index is 1.63. The Hall–Kier alpha value is -2.99. The van der Waals surface area contributed by atoms with E-state index < -0.39 is 0 Å². The van der Waals surface area contributed by atoms with Crippen LogP contribution in [-0.4, -0.2) is 37.0 Å². The summed E-state index contributed by atoms with van der Waals surface area (Å²) in [6.07, 6.45) is 2.12. The van der Waals surface area contributed by atoms with Crippen molar-refractivity contribution in [2.24, 2.45) is 0 Å². The SMILES string of the molecule is COc1ccc(Cl)cc1N(CCNC(=O)Cc1c[nH]c2ccccc12)C(C)=O. The molecule has 28 heavy (non-hydrogen) atoms. The van der Waals surface area contributed by atoms with Crippen molar-refractivity contribution in [3.8, 4) is 5.75 Å². The number of hydrogen-bond donors (Lipinski definition) is 2. The normalized spacial score (nSPS) is 10.7. The molecule has 3 aromatic rings. The van der Waals surface area contributed by atoms with Gasteiger partial charge in [-0.05, 0) is 29.8 Å². The van der Waals surface area contributed by atoms with E-state index in [1.54, 1.807) is 18.2 Å². The van der Waals surface area contributed by atoms with E-state index in [4.69, 9.17) is 16.3 Å². The van der Waals surface area contributed by atoms with Crippen LogP contribution in [0.25, 0.3) is 10.9 Å². The van der Waals surface area contributed by atoms with E-state index in [1.165, 1.54) is 18.9 Å². The van der Waals surface area contributed by atoms with Crippen molar-refractivity contribution in [1.82, 2.24) is 10.3 Å². The number of rotatable bonds is 7. The first-order valence-corrected chi connectivity index (χ1v) is 9.30. The summed E-state index contributed by atoms with van der Waals surface area (Å²) in [5.74, 6) is 0.280. The van der Waals surface area contributed by atoms with Crippen LogP contribution in [0, 0.1) is 0 Å². The zero-order valence-electron chi connectivity index (χ0n) is 15.8. The van der Waals surface area contributed by atoms with E-state index in [9.17, 15) is 9.59 Å². The quantitative estimate of drug-likeness (QED) is 0.638. The number of aromatic nitrogens is 1. The van der Waals surface area contributed by atoms with Crippen molar-refractivity contribution in [1.29, 1.82) is 0 Å². The second-order valence-electron chi connectivity index (χ2n) is 6.37. The Bertz CT molecular complexity index is 999. The molecule has 6 nitrogen and oxygen atoms in total. The molecule has 2 N–H and O–H groups in total. The van der Waals surface area contributed by atoms with Crippen molar-refractivity contribution in [2.75, 3.05) is 25.1 Å². The number of anilines is 1. The van der Waals surface area contributed by atoms with Gasteiger partial charge >= 0.3 is 0 Å². The van der Waals surface area contributed by atoms with E-state index in [-0.39, 0.29) is 18.2 Å². The lowest BCUT2D eigenvalue weighted by Crippen LogP contribution is -2.38. The second kappa shape index (κ2) is 8.80. The van der Waals surface area contributed by atoms with Crippen LogP contribution in [0.15, 0.2) is 48.7 Å². The lowest BCUT2D eigenvalue weighted by atomic mass is 10.1. The fourth-order valence-electron chi connectivity index (χ4n) is 3.14. The molecule has 3 rings (SSSR count). The Morgan fingerprint density at radius 3 is 2.75 bits per heavy atom. The number of benzene rings is 2. The van der Waals surface area contributed by atoms with E-state index in [1.807, 2.05) is 30.5 Å². The highest BCUT2D eigenvalue weighted by Crippen LogP contribution is 2.31. The van der Waals surface area contributed by atoms with Crippen LogP contribution in [0.5, 0.6) is 5.75 Å². The summed E-state index contributed by atoms with van der Waals surface area (Å²) >= 11 is 6.07. The molecule has 1 heterocycles. The molecule has 2 aromatic carbocycles. The largest absolute Gasteiger partial charge is 0.495 e. The predicted octanol–water partition coefficient (Wildman–Crippen LogP) is 3.54. The molecule has 0 aliphatic rings. The van der Waals surface area contributed by atoms with Crippen molar-refractivity contribution in [3.05, 3.63) is 59.2 Å². The summed E-state index contributed by atoms with van der Waals surface area (Å²) in [6.45, 7) is 2.09. The molecule has 146 valence electrons. The third-order valence-electron chi connectivity index (χ3n) is 4.50. The molecular weight excluding hydrogens is 378 g/mol. The molecule has 0 aliphatic heterocycles. The van der Waals surface area contributed by atoms with Gasteiger partial charge in [-0.15, -0.1) is 0 Å². The maximum atomic E-state index is 12.3. The average Bonchev–Trinajstić information content (AvgIpc) is 3.08. The van der Waals surface area contributed by atoms with Crippen LogP contribution < -0.4 is 15.0 Å². The van der Waals surface area contributed by atoms with Crippen LogP contribution in [-0.2, 0) is 16.0 Å². The first kappa shape index (κ1) is 19.8. The third-order valence-corrected chi connectivity index (χ3v) is 4.73. The summed E-state index contributed by atoms with van der Waals surface area (Å²) in [6, 6.07) is 12.9. The number of nitrogens with zero attached hydrogens (tertiary/aromatic N) is 1. The lowest BCUT2D eigenvalue weighted by Gasteiger charge is -2.23. The highest BCUT2D eigenvalue weighted by atomic mass is 35.5. The highest BCUT2D eigenvalue weighted by molar-refractivity contribution is 6.31. The summed E-state index contributed by atoms with van der Waals surface area (Å²) in [4.78, 5) is 29.2. The van der Waals surface area contributed by atoms with Crippen molar-refractivity contribution >= 4 is 40.0 Å². The molecule has 0 saturated heterocycles. The Kier molecular flexibility index (Phi) is 6.21. The van der Waals surface area contributed by atoms with Gasteiger partial charge in [0.2, 0.25) is 11.8 Å². The zero-order chi connectivity index (χ0) is 20.1. The zero-order valence-corrected chi connectivity index (χ0v) is 16.5. The number of H-pyrrole nitrogens is 1. The van der Waals surface area contributed by atoms with Crippen LogP contribution in [0.3, 0.4) is 0 Å². The van der Waals surface area contributed by atoms with Gasteiger partial charge in [-0.25, -0.2) is 0 Å². The maximum absolute atomic E-state index is 12.3. The van der Waals surface area contributed by atoms with Gasteiger partial charge < -0.3 is 19.9 Å². The lowest BCUT2D eigenvalue weighted by molar-refractivity contribution is -0.121. The first-order valence-electron chi connectivity index (χ1n) is 8.93. The number of aromatic amines is 1. The number of amides is 2. The van der Waals surface area contributed by atoms with Gasteiger partial charge in [0.25, 0.3) is 0 Å². The van der Waals surface area contributed by atoms with Gasteiger partial charge in [0.1, 0.15) is 5.75 Å². The predicted molar refractivity (Wildman–Crippen MR) is 111 cm³/mol. The van der Waals surface area contributed by atoms with Gasteiger partial charge in [0.05, 0.1) is 19.2 Å². The molecule has 0 saturated carbocycles. The maximum Gasteiger partial charge on any atom is 0.224 e. The number of methoxy groups -OCH3 is 1. The van der Waals surface area contributed by atoms with E-state index >= 15 is 0 Å². The van der Waals surface area contributed by atoms with Crippen molar-refractivity contribution in [2.45, 2.75) is 13.3 Å². The molecule has 2 amide bonds. The summed E-state index contributed by atoms with van der Waals surface area (Å²) in [5.41, 5.74) is 2.52.